The van der Waals surface area contributed by atoms with E-state index < -0.39 is 0 Å². The fraction of sp³-hybridized carbons (Fsp3) is 0.500. The average molecular weight is 190 g/mol. The molecule has 1 aromatic rings. The quantitative estimate of drug-likeness (QED) is 0.769. The summed E-state index contributed by atoms with van der Waals surface area (Å²) in [6, 6.07) is 9.25. The highest BCUT2D eigenvalue weighted by Crippen LogP contribution is 2.32. The summed E-state index contributed by atoms with van der Waals surface area (Å²) in [5, 5.41) is 3.38. The number of benzene rings is 1. The first-order valence-corrected chi connectivity index (χ1v) is 5.38. The normalized spacial score (nSPS) is 20.7. The fourth-order valence-electron chi connectivity index (χ4n) is 2.26. The summed E-state index contributed by atoms with van der Waals surface area (Å²) in [5.41, 5.74) is 2.85. The smallest absolute Gasteiger partial charge is 0.0414 e. The predicted molar refractivity (Wildman–Crippen MR) is 60.7 cm³/mol. The van der Waals surface area contributed by atoms with Crippen molar-refractivity contribution < 1.29 is 0 Å². The van der Waals surface area contributed by atoms with Crippen LogP contribution in [0.4, 0.5) is 5.69 Å². The van der Waals surface area contributed by atoms with E-state index in [0.29, 0.717) is 6.04 Å². The van der Waals surface area contributed by atoms with Gasteiger partial charge in [-0.3, -0.25) is 0 Å². The fourth-order valence-corrected chi connectivity index (χ4v) is 2.26. The summed E-state index contributed by atoms with van der Waals surface area (Å²) in [7, 11) is 2.04. The highest BCUT2D eigenvalue weighted by atomic mass is 15.1. The molecule has 0 saturated carbocycles. The molecule has 2 rings (SSSR count). The Hall–Kier alpha value is -1.02. The maximum Gasteiger partial charge on any atom is 0.0414 e. The van der Waals surface area contributed by atoms with Crippen molar-refractivity contribution in [1.82, 2.24) is 5.32 Å². The van der Waals surface area contributed by atoms with Crippen LogP contribution in [-0.4, -0.2) is 20.1 Å². The van der Waals surface area contributed by atoms with Crippen LogP contribution >= 0.6 is 0 Å². The Balaban J connectivity index is 2.38. The van der Waals surface area contributed by atoms with Crippen LogP contribution in [0, 0.1) is 0 Å². The van der Waals surface area contributed by atoms with Crippen molar-refractivity contribution in [3.63, 3.8) is 0 Å². The van der Waals surface area contributed by atoms with Gasteiger partial charge in [0.25, 0.3) is 0 Å². The van der Waals surface area contributed by atoms with Crippen LogP contribution in [0.3, 0.4) is 0 Å². The molecule has 0 radical (unpaired) electrons. The van der Waals surface area contributed by atoms with Gasteiger partial charge in [0.15, 0.2) is 0 Å². The van der Waals surface area contributed by atoms with E-state index >= 15 is 0 Å². The Morgan fingerprint density at radius 1 is 1.43 bits per heavy atom. The van der Waals surface area contributed by atoms with E-state index in [4.69, 9.17) is 0 Å². The van der Waals surface area contributed by atoms with E-state index in [1.165, 1.54) is 24.2 Å². The van der Waals surface area contributed by atoms with Crippen LogP contribution in [0.1, 0.15) is 24.9 Å². The number of nitrogens with zero attached hydrogens (tertiary/aromatic N) is 1. The lowest BCUT2D eigenvalue weighted by Crippen LogP contribution is -2.34. The molecular formula is C12H18N2. The van der Waals surface area contributed by atoms with E-state index in [-0.39, 0.29) is 0 Å². The molecule has 1 atom stereocenters. The molecule has 1 N–H and O–H groups in total. The van der Waals surface area contributed by atoms with Gasteiger partial charge in [-0.15, -0.1) is 0 Å². The van der Waals surface area contributed by atoms with Gasteiger partial charge in [0.1, 0.15) is 0 Å². The van der Waals surface area contributed by atoms with Crippen LogP contribution in [0.15, 0.2) is 24.3 Å². The molecule has 0 spiro atoms. The van der Waals surface area contributed by atoms with Crippen molar-refractivity contribution in [1.29, 1.82) is 0 Å². The third-order valence-corrected chi connectivity index (χ3v) is 3.07. The SMILES string of the molecule is CCN1CCC(NC)c2ccccc21. The molecule has 0 amide bonds. The summed E-state index contributed by atoms with van der Waals surface area (Å²) >= 11 is 0. The van der Waals surface area contributed by atoms with E-state index in [0.717, 1.165) is 6.54 Å². The molecule has 0 aliphatic carbocycles. The van der Waals surface area contributed by atoms with E-state index in [1.807, 2.05) is 7.05 Å². The molecule has 0 bridgehead atoms. The minimum absolute atomic E-state index is 0.536. The van der Waals surface area contributed by atoms with Crippen LogP contribution in [0.25, 0.3) is 0 Å². The second-order valence-electron chi connectivity index (χ2n) is 3.77. The van der Waals surface area contributed by atoms with Crippen LogP contribution in [-0.2, 0) is 0 Å². The third kappa shape index (κ3) is 1.50. The van der Waals surface area contributed by atoms with Gasteiger partial charge in [-0.05, 0) is 32.0 Å². The zero-order chi connectivity index (χ0) is 9.97. The average Bonchev–Trinajstić information content (AvgIpc) is 2.27. The molecular weight excluding hydrogens is 172 g/mol. The predicted octanol–water partition coefficient (Wildman–Crippen LogP) is 2.18. The summed E-state index contributed by atoms with van der Waals surface area (Å²) in [4.78, 5) is 2.45. The Labute approximate surface area is 85.9 Å². The van der Waals surface area contributed by atoms with Crippen molar-refractivity contribution in [3.8, 4) is 0 Å². The summed E-state index contributed by atoms with van der Waals surface area (Å²) in [5.74, 6) is 0. The molecule has 1 unspecified atom stereocenters. The first-order valence-electron chi connectivity index (χ1n) is 5.38. The molecule has 1 aromatic carbocycles. The van der Waals surface area contributed by atoms with Crippen molar-refractivity contribution in [3.05, 3.63) is 29.8 Å². The van der Waals surface area contributed by atoms with Gasteiger partial charge >= 0.3 is 0 Å². The molecule has 2 nitrogen and oxygen atoms in total. The molecule has 0 aromatic heterocycles. The summed E-state index contributed by atoms with van der Waals surface area (Å²) in [6.45, 7) is 4.49. The first kappa shape index (κ1) is 9.53. The minimum Gasteiger partial charge on any atom is -0.371 e. The Morgan fingerprint density at radius 3 is 2.93 bits per heavy atom. The maximum atomic E-state index is 3.38. The van der Waals surface area contributed by atoms with Gasteiger partial charge in [0.2, 0.25) is 0 Å². The molecule has 14 heavy (non-hydrogen) atoms. The number of anilines is 1. The van der Waals surface area contributed by atoms with Crippen molar-refractivity contribution >= 4 is 5.69 Å². The lowest BCUT2D eigenvalue weighted by molar-refractivity contribution is 0.520. The molecule has 0 saturated heterocycles. The summed E-state index contributed by atoms with van der Waals surface area (Å²) in [6.07, 6.45) is 1.21. The maximum absolute atomic E-state index is 3.38. The lowest BCUT2D eigenvalue weighted by atomic mass is 9.96. The second kappa shape index (κ2) is 4.01. The van der Waals surface area contributed by atoms with Crippen LogP contribution in [0.5, 0.6) is 0 Å². The van der Waals surface area contributed by atoms with Crippen molar-refractivity contribution in [2.45, 2.75) is 19.4 Å². The number of rotatable bonds is 2. The Morgan fingerprint density at radius 2 is 2.21 bits per heavy atom. The Bertz CT molecular complexity index is 278. The highest BCUT2D eigenvalue weighted by Gasteiger charge is 2.21. The van der Waals surface area contributed by atoms with E-state index in [9.17, 15) is 0 Å². The number of fused-ring (bicyclic) bond motifs is 1. The van der Waals surface area contributed by atoms with Gasteiger partial charge in [0.05, 0.1) is 0 Å². The van der Waals surface area contributed by atoms with Gasteiger partial charge in [-0.25, -0.2) is 0 Å². The largest absolute Gasteiger partial charge is 0.371 e. The molecule has 1 aliphatic heterocycles. The lowest BCUT2D eigenvalue weighted by Gasteiger charge is -2.34. The Kier molecular flexibility index (Phi) is 2.73. The summed E-state index contributed by atoms with van der Waals surface area (Å²) < 4.78 is 0. The van der Waals surface area contributed by atoms with Gasteiger partial charge in [0, 0.05) is 24.8 Å². The number of hydrogen-bond donors (Lipinski definition) is 1. The molecule has 2 heteroatoms. The first-order chi connectivity index (χ1) is 6.86. The van der Waals surface area contributed by atoms with Gasteiger partial charge < -0.3 is 10.2 Å². The minimum atomic E-state index is 0.536. The van der Waals surface area contributed by atoms with Gasteiger partial charge in [-0.2, -0.15) is 0 Å². The molecule has 76 valence electrons. The topological polar surface area (TPSA) is 15.3 Å². The van der Waals surface area contributed by atoms with Crippen molar-refractivity contribution in [2.24, 2.45) is 0 Å². The second-order valence-corrected chi connectivity index (χ2v) is 3.77. The number of para-hydroxylation sites is 1. The molecule has 1 heterocycles. The zero-order valence-corrected chi connectivity index (χ0v) is 8.96. The highest BCUT2D eigenvalue weighted by molar-refractivity contribution is 5.56. The standard InChI is InChI=1S/C12H18N2/c1-3-14-9-8-11(13-2)10-6-4-5-7-12(10)14/h4-7,11,13H,3,8-9H2,1-2H3. The molecule has 1 aliphatic rings. The van der Waals surface area contributed by atoms with Crippen molar-refractivity contribution in [2.75, 3.05) is 25.0 Å². The number of nitrogens with one attached hydrogen (secondary N) is 1. The monoisotopic (exact) mass is 190 g/mol. The zero-order valence-electron chi connectivity index (χ0n) is 8.96. The van der Waals surface area contributed by atoms with Crippen LogP contribution in [0.2, 0.25) is 0 Å². The van der Waals surface area contributed by atoms with E-state index in [1.54, 1.807) is 0 Å². The number of hydrogen-bond acceptors (Lipinski definition) is 2. The van der Waals surface area contributed by atoms with Crippen LogP contribution < -0.4 is 10.2 Å². The van der Waals surface area contributed by atoms with E-state index in [2.05, 4.69) is 41.4 Å². The molecule has 0 fully saturated rings. The third-order valence-electron chi connectivity index (χ3n) is 3.07. The van der Waals surface area contributed by atoms with Gasteiger partial charge in [-0.1, -0.05) is 18.2 Å².